The molecule has 1 N–H and O–H groups in total. The van der Waals surface area contributed by atoms with Crippen molar-refractivity contribution in [2.75, 3.05) is 13.1 Å². The summed E-state index contributed by atoms with van der Waals surface area (Å²) in [6, 6.07) is 7.61. The Labute approximate surface area is 199 Å². The number of hydrogen-bond acceptors (Lipinski definition) is 5. The molecule has 0 atom stereocenters. The average Bonchev–Trinajstić information content (AvgIpc) is 3.41. The molecule has 33 heavy (non-hydrogen) atoms. The summed E-state index contributed by atoms with van der Waals surface area (Å²) in [6.07, 6.45) is 4.72. The van der Waals surface area contributed by atoms with E-state index < -0.39 is 10.0 Å². The van der Waals surface area contributed by atoms with Gasteiger partial charge in [-0.2, -0.15) is 0 Å². The predicted molar refractivity (Wildman–Crippen MR) is 131 cm³/mol. The van der Waals surface area contributed by atoms with Gasteiger partial charge in [-0.25, -0.2) is 18.1 Å². The summed E-state index contributed by atoms with van der Waals surface area (Å²) in [7, 11) is -3.77. The molecule has 3 aromatic rings. The van der Waals surface area contributed by atoms with Crippen molar-refractivity contribution in [3.63, 3.8) is 0 Å². The lowest BCUT2D eigenvalue weighted by Crippen LogP contribution is -2.37. The van der Waals surface area contributed by atoms with Gasteiger partial charge in [-0.15, -0.1) is 11.3 Å². The topological polar surface area (TPSA) is 84.3 Å². The van der Waals surface area contributed by atoms with Gasteiger partial charge >= 0.3 is 0 Å². The Hall–Kier alpha value is -2.49. The number of likely N-dealkylation sites (tertiary alicyclic amines) is 1. The van der Waals surface area contributed by atoms with Crippen LogP contribution < -0.4 is 4.72 Å². The molecule has 1 aromatic carbocycles. The molecule has 1 saturated heterocycles. The van der Waals surface area contributed by atoms with Crippen LogP contribution in [0.15, 0.2) is 40.7 Å². The first-order valence-electron chi connectivity index (χ1n) is 11.2. The molecule has 1 aliphatic rings. The molecule has 0 aliphatic carbocycles. The lowest BCUT2D eigenvalue weighted by Gasteiger charge is -2.27. The van der Waals surface area contributed by atoms with Crippen LogP contribution in [-0.2, 0) is 27.9 Å². The lowest BCUT2D eigenvalue weighted by molar-refractivity contribution is -0.132. The third-order valence-electron chi connectivity index (χ3n) is 5.99. The van der Waals surface area contributed by atoms with Crippen molar-refractivity contribution in [1.82, 2.24) is 19.2 Å². The Kier molecular flexibility index (Phi) is 7.02. The highest BCUT2D eigenvalue weighted by atomic mass is 32.2. The summed E-state index contributed by atoms with van der Waals surface area (Å²) in [5, 5.41) is 2.63. The van der Waals surface area contributed by atoms with E-state index in [1.165, 1.54) is 11.3 Å². The fourth-order valence-electron chi connectivity index (χ4n) is 4.05. The summed E-state index contributed by atoms with van der Waals surface area (Å²) in [6.45, 7) is 7.67. The van der Waals surface area contributed by atoms with E-state index in [0.717, 1.165) is 54.7 Å². The summed E-state index contributed by atoms with van der Waals surface area (Å²) in [5.74, 6) is 0.00659. The number of piperidine rings is 1. The number of benzene rings is 1. The highest BCUT2D eigenvalue weighted by Gasteiger charge is 2.24. The van der Waals surface area contributed by atoms with Gasteiger partial charge in [0.15, 0.2) is 0 Å². The summed E-state index contributed by atoms with van der Waals surface area (Å²) < 4.78 is 30.8. The monoisotopic (exact) mass is 486 g/mol. The maximum atomic E-state index is 13.2. The number of rotatable bonds is 7. The molecule has 1 amide bonds. The van der Waals surface area contributed by atoms with Crippen LogP contribution in [-0.4, -0.2) is 41.9 Å². The second-order valence-corrected chi connectivity index (χ2v) is 11.3. The summed E-state index contributed by atoms with van der Waals surface area (Å²) in [4.78, 5) is 19.5. The van der Waals surface area contributed by atoms with Crippen molar-refractivity contribution in [3.8, 4) is 10.7 Å². The third-order valence-corrected chi connectivity index (χ3v) is 8.34. The maximum Gasteiger partial charge on any atom is 0.242 e. The fourth-order valence-corrected chi connectivity index (χ4v) is 5.92. The largest absolute Gasteiger partial charge is 0.341 e. The lowest BCUT2D eigenvalue weighted by atomic mass is 10.1. The maximum absolute atomic E-state index is 13.2. The van der Waals surface area contributed by atoms with E-state index in [9.17, 15) is 13.2 Å². The van der Waals surface area contributed by atoms with Gasteiger partial charge < -0.3 is 9.47 Å². The Morgan fingerprint density at radius 3 is 2.58 bits per heavy atom. The predicted octanol–water partition coefficient (Wildman–Crippen LogP) is 4.03. The fraction of sp³-hybridized carbons (Fsp3) is 0.417. The molecular formula is C24H30N4O3S2. The number of carbonyl (C=O) groups excluding carboxylic acids is 1. The molecule has 0 unspecified atom stereocenters. The van der Waals surface area contributed by atoms with E-state index in [2.05, 4.69) is 9.71 Å². The van der Waals surface area contributed by atoms with E-state index in [4.69, 9.17) is 0 Å². The molecule has 0 spiro atoms. The van der Waals surface area contributed by atoms with Gasteiger partial charge in [0.2, 0.25) is 15.9 Å². The SMILES string of the molecule is Cc1ccc(C)c(CNS(=O)(=O)c2cc(-c3nc(C)cs3)n(CC(=O)N3CCCCC3)c2)c1. The molecule has 7 nitrogen and oxygen atoms in total. The molecular weight excluding hydrogens is 456 g/mol. The van der Waals surface area contributed by atoms with Crippen LogP contribution in [0.3, 0.4) is 0 Å². The van der Waals surface area contributed by atoms with E-state index in [1.807, 2.05) is 49.3 Å². The van der Waals surface area contributed by atoms with Gasteiger partial charge in [0, 0.05) is 36.9 Å². The number of nitrogens with one attached hydrogen (secondary N) is 1. The Bertz CT molecular complexity index is 1250. The van der Waals surface area contributed by atoms with Crippen LogP contribution in [0.2, 0.25) is 0 Å². The Balaban J connectivity index is 1.60. The van der Waals surface area contributed by atoms with E-state index >= 15 is 0 Å². The number of aryl methyl sites for hydroxylation is 3. The first-order chi connectivity index (χ1) is 15.7. The smallest absolute Gasteiger partial charge is 0.242 e. The zero-order chi connectivity index (χ0) is 23.6. The quantitative estimate of drug-likeness (QED) is 0.547. The first-order valence-corrected chi connectivity index (χ1v) is 13.6. The Morgan fingerprint density at radius 2 is 1.88 bits per heavy atom. The second kappa shape index (κ2) is 9.79. The molecule has 3 heterocycles. The summed E-state index contributed by atoms with van der Waals surface area (Å²) >= 11 is 1.45. The van der Waals surface area contributed by atoms with Crippen molar-refractivity contribution in [2.45, 2.75) is 58.0 Å². The van der Waals surface area contributed by atoms with Crippen molar-refractivity contribution in [2.24, 2.45) is 0 Å². The van der Waals surface area contributed by atoms with Crippen LogP contribution in [0.4, 0.5) is 0 Å². The third kappa shape index (κ3) is 5.54. The van der Waals surface area contributed by atoms with Crippen molar-refractivity contribution < 1.29 is 13.2 Å². The minimum Gasteiger partial charge on any atom is -0.341 e. The normalized spacial score (nSPS) is 14.6. The standard InChI is InChI=1S/C24H30N4O3S2/c1-17-7-8-18(2)20(11-17)13-25-33(30,31)21-12-22(24-26-19(3)16-32-24)28(14-21)15-23(29)27-9-5-4-6-10-27/h7-8,11-12,14,16,25H,4-6,9-10,13,15H2,1-3H3. The molecule has 4 rings (SSSR count). The van der Waals surface area contributed by atoms with Gasteiger partial charge in [-0.3, -0.25) is 4.79 Å². The van der Waals surface area contributed by atoms with E-state index in [0.29, 0.717) is 10.7 Å². The number of aromatic nitrogens is 2. The van der Waals surface area contributed by atoms with Crippen molar-refractivity contribution in [1.29, 1.82) is 0 Å². The van der Waals surface area contributed by atoms with E-state index in [1.54, 1.807) is 16.8 Å². The van der Waals surface area contributed by atoms with Crippen LogP contribution in [0.25, 0.3) is 10.7 Å². The number of hydrogen-bond donors (Lipinski definition) is 1. The van der Waals surface area contributed by atoms with Crippen LogP contribution in [0.1, 0.15) is 41.6 Å². The van der Waals surface area contributed by atoms with E-state index in [-0.39, 0.29) is 23.9 Å². The van der Waals surface area contributed by atoms with Gasteiger partial charge in [-0.1, -0.05) is 23.8 Å². The number of carbonyl (C=O) groups is 1. The molecule has 176 valence electrons. The number of amides is 1. The van der Waals surface area contributed by atoms with Crippen LogP contribution >= 0.6 is 11.3 Å². The molecule has 1 fully saturated rings. The molecule has 0 saturated carbocycles. The first kappa shape index (κ1) is 23.7. The molecule has 9 heteroatoms. The van der Waals surface area contributed by atoms with Crippen molar-refractivity contribution >= 4 is 27.3 Å². The number of thiazole rings is 1. The molecule has 1 aliphatic heterocycles. The van der Waals surface area contributed by atoms with Crippen LogP contribution in [0, 0.1) is 20.8 Å². The highest BCUT2D eigenvalue weighted by Crippen LogP contribution is 2.28. The number of nitrogens with zero attached hydrogens (tertiary/aromatic N) is 3. The molecule has 0 radical (unpaired) electrons. The van der Waals surface area contributed by atoms with Crippen LogP contribution in [0.5, 0.6) is 0 Å². The van der Waals surface area contributed by atoms with Gasteiger partial charge in [0.05, 0.1) is 5.69 Å². The average molecular weight is 487 g/mol. The van der Waals surface area contributed by atoms with Gasteiger partial charge in [-0.05, 0) is 57.2 Å². The van der Waals surface area contributed by atoms with Gasteiger partial charge in [0.1, 0.15) is 16.4 Å². The minimum atomic E-state index is -3.77. The molecule has 2 aromatic heterocycles. The Morgan fingerprint density at radius 1 is 1.12 bits per heavy atom. The summed E-state index contributed by atoms with van der Waals surface area (Å²) in [5.41, 5.74) is 4.56. The van der Waals surface area contributed by atoms with Crippen molar-refractivity contribution in [3.05, 3.63) is 58.2 Å². The van der Waals surface area contributed by atoms with Gasteiger partial charge in [0.25, 0.3) is 0 Å². The zero-order valence-corrected chi connectivity index (χ0v) is 20.9. The molecule has 0 bridgehead atoms. The minimum absolute atomic E-state index is 0.00659. The highest BCUT2D eigenvalue weighted by molar-refractivity contribution is 7.89. The second-order valence-electron chi connectivity index (χ2n) is 8.68. The number of sulfonamides is 1. The zero-order valence-electron chi connectivity index (χ0n) is 19.3.